The molecule has 0 unspecified atom stereocenters. The number of rotatable bonds is 2. The Bertz CT molecular complexity index is 676. The van der Waals surface area contributed by atoms with Gasteiger partial charge in [0.1, 0.15) is 0 Å². The molecule has 0 aliphatic rings. The van der Waals surface area contributed by atoms with E-state index in [9.17, 15) is 0 Å². The van der Waals surface area contributed by atoms with E-state index in [0.29, 0.717) is 0 Å². The van der Waals surface area contributed by atoms with Crippen molar-refractivity contribution in [2.75, 3.05) is 0 Å². The average molecular weight is 290 g/mol. The molecule has 3 heteroatoms. The Balaban J connectivity index is 0.00000133. The van der Waals surface area contributed by atoms with Crippen molar-refractivity contribution in [2.24, 2.45) is 5.73 Å². The van der Waals surface area contributed by atoms with Crippen LogP contribution in [-0.4, -0.2) is 0 Å². The molecule has 3 aromatic rings. The molecule has 0 saturated heterocycles. The molecule has 2 aromatic carbocycles. The first-order valence-electron chi connectivity index (χ1n) is 6.04. The molecule has 1 heterocycles. The molecule has 1 aromatic heterocycles. The van der Waals surface area contributed by atoms with Gasteiger partial charge in [0.15, 0.2) is 0 Å². The summed E-state index contributed by atoms with van der Waals surface area (Å²) in [5, 5.41) is 4.63. The summed E-state index contributed by atoms with van der Waals surface area (Å²) >= 11 is 1.71. The lowest BCUT2D eigenvalue weighted by atomic mass is 9.95. The smallest absolute Gasteiger partial charge is 0.0652 e. The van der Waals surface area contributed by atoms with Crippen LogP contribution in [0.4, 0.5) is 0 Å². The molecule has 0 saturated carbocycles. The van der Waals surface area contributed by atoms with E-state index in [2.05, 4.69) is 60.8 Å². The number of nitrogens with two attached hydrogens (primary N) is 1. The summed E-state index contributed by atoms with van der Waals surface area (Å²) in [5.74, 6) is 0. The maximum atomic E-state index is 6.39. The maximum Gasteiger partial charge on any atom is 0.0652 e. The largest absolute Gasteiger partial charge is 0.320 e. The Morgan fingerprint density at radius 2 is 1.68 bits per heavy atom. The molecule has 0 bridgehead atoms. The summed E-state index contributed by atoms with van der Waals surface area (Å²) < 4.78 is 0. The van der Waals surface area contributed by atoms with Crippen molar-refractivity contribution in [1.29, 1.82) is 0 Å². The normalized spacial score (nSPS) is 12.1. The van der Waals surface area contributed by atoms with Crippen LogP contribution in [0.25, 0.3) is 10.8 Å². The van der Waals surface area contributed by atoms with Crippen molar-refractivity contribution >= 4 is 34.5 Å². The molecule has 19 heavy (non-hydrogen) atoms. The van der Waals surface area contributed by atoms with Gasteiger partial charge in [0.05, 0.1) is 6.04 Å². The van der Waals surface area contributed by atoms with Gasteiger partial charge in [0.25, 0.3) is 0 Å². The van der Waals surface area contributed by atoms with Gasteiger partial charge in [-0.25, -0.2) is 0 Å². The minimum absolute atomic E-state index is 0. The van der Waals surface area contributed by atoms with Gasteiger partial charge in [-0.1, -0.05) is 42.5 Å². The second-order valence-corrected chi connectivity index (χ2v) is 5.49. The van der Waals surface area contributed by atoms with Crippen molar-refractivity contribution in [2.45, 2.75) is 13.0 Å². The molecule has 0 radical (unpaired) electrons. The van der Waals surface area contributed by atoms with Gasteiger partial charge in [0, 0.05) is 4.88 Å². The lowest BCUT2D eigenvalue weighted by molar-refractivity contribution is 0.903. The molecular formula is C16H16ClNS. The van der Waals surface area contributed by atoms with Gasteiger partial charge < -0.3 is 5.73 Å². The summed E-state index contributed by atoms with van der Waals surface area (Å²) in [5.41, 5.74) is 8.89. The average Bonchev–Trinajstić information content (AvgIpc) is 2.93. The van der Waals surface area contributed by atoms with E-state index in [4.69, 9.17) is 5.73 Å². The number of benzene rings is 2. The zero-order valence-corrected chi connectivity index (χ0v) is 12.3. The Kier molecular flexibility index (Phi) is 4.25. The number of aryl methyl sites for hydroxylation is 1. The van der Waals surface area contributed by atoms with Crippen molar-refractivity contribution in [3.63, 3.8) is 0 Å². The van der Waals surface area contributed by atoms with Crippen LogP contribution in [0.1, 0.15) is 22.0 Å². The Morgan fingerprint density at radius 1 is 0.947 bits per heavy atom. The highest BCUT2D eigenvalue weighted by Gasteiger charge is 2.13. The lowest BCUT2D eigenvalue weighted by Gasteiger charge is -2.14. The predicted molar refractivity (Wildman–Crippen MR) is 86.3 cm³/mol. The molecule has 0 amide bonds. The number of hydrogen-bond donors (Lipinski definition) is 1. The summed E-state index contributed by atoms with van der Waals surface area (Å²) in [4.78, 5) is 1.21. The third-order valence-electron chi connectivity index (χ3n) is 3.36. The highest BCUT2D eigenvalue weighted by Crippen LogP contribution is 2.30. The van der Waals surface area contributed by atoms with Crippen molar-refractivity contribution < 1.29 is 0 Å². The molecule has 2 N–H and O–H groups in total. The number of fused-ring (bicyclic) bond motifs is 1. The van der Waals surface area contributed by atoms with Crippen molar-refractivity contribution in [3.8, 4) is 0 Å². The second kappa shape index (κ2) is 5.74. The topological polar surface area (TPSA) is 26.0 Å². The number of thiophene rings is 1. The van der Waals surface area contributed by atoms with E-state index >= 15 is 0 Å². The maximum absolute atomic E-state index is 6.39. The molecule has 0 aliphatic carbocycles. The van der Waals surface area contributed by atoms with Crippen LogP contribution < -0.4 is 5.73 Å². The predicted octanol–water partition coefficient (Wildman–Crippen LogP) is 4.68. The van der Waals surface area contributed by atoms with E-state index in [1.807, 2.05) is 0 Å². The van der Waals surface area contributed by atoms with Crippen LogP contribution >= 0.6 is 23.7 Å². The molecule has 1 nitrogen and oxygen atoms in total. The fraction of sp³-hybridized carbons (Fsp3) is 0.125. The Hall–Kier alpha value is -1.35. The van der Waals surface area contributed by atoms with Crippen LogP contribution in [0.3, 0.4) is 0 Å². The molecule has 0 aliphatic heterocycles. The monoisotopic (exact) mass is 289 g/mol. The zero-order valence-electron chi connectivity index (χ0n) is 10.7. The summed E-state index contributed by atoms with van der Waals surface area (Å²) in [7, 11) is 0. The molecular weight excluding hydrogens is 274 g/mol. The van der Waals surface area contributed by atoms with E-state index in [-0.39, 0.29) is 18.4 Å². The summed E-state index contributed by atoms with van der Waals surface area (Å²) in [6, 6.07) is 16.9. The third-order valence-corrected chi connectivity index (χ3v) is 4.32. The summed E-state index contributed by atoms with van der Waals surface area (Å²) in [6.45, 7) is 2.14. The van der Waals surface area contributed by atoms with Gasteiger partial charge in [-0.15, -0.1) is 23.7 Å². The minimum atomic E-state index is -0.0319. The van der Waals surface area contributed by atoms with Crippen LogP contribution in [0.5, 0.6) is 0 Å². The van der Waals surface area contributed by atoms with Crippen LogP contribution in [0, 0.1) is 6.92 Å². The third kappa shape index (κ3) is 2.52. The van der Waals surface area contributed by atoms with E-state index in [1.165, 1.54) is 26.8 Å². The first-order chi connectivity index (χ1) is 8.77. The first-order valence-corrected chi connectivity index (χ1v) is 6.92. The van der Waals surface area contributed by atoms with E-state index in [0.717, 1.165) is 0 Å². The molecule has 3 rings (SSSR count). The van der Waals surface area contributed by atoms with Crippen molar-refractivity contribution in [3.05, 3.63) is 69.9 Å². The number of hydrogen-bond acceptors (Lipinski definition) is 2. The van der Waals surface area contributed by atoms with E-state index < -0.39 is 0 Å². The highest BCUT2D eigenvalue weighted by atomic mass is 35.5. The van der Waals surface area contributed by atoms with Gasteiger partial charge in [-0.05, 0) is 40.3 Å². The lowest BCUT2D eigenvalue weighted by Crippen LogP contribution is -2.10. The van der Waals surface area contributed by atoms with Crippen LogP contribution in [0.2, 0.25) is 0 Å². The second-order valence-electron chi connectivity index (χ2n) is 4.51. The molecule has 98 valence electrons. The molecule has 1 atom stereocenters. The number of halogens is 1. The highest BCUT2D eigenvalue weighted by molar-refractivity contribution is 7.10. The van der Waals surface area contributed by atoms with E-state index in [1.54, 1.807) is 11.3 Å². The van der Waals surface area contributed by atoms with Gasteiger partial charge >= 0.3 is 0 Å². The zero-order chi connectivity index (χ0) is 12.5. The quantitative estimate of drug-likeness (QED) is 0.728. The van der Waals surface area contributed by atoms with Gasteiger partial charge in [0.2, 0.25) is 0 Å². The Morgan fingerprint density at radius 3 is 2.37 bits per heavy atom. The van der Waals surface area contributed by atoms with Crippen LogP contribution in [-0.2, 0) is 0 Å². The fourth-order valence-electron chi connectivity index (χ4n) is 2.37. The fourth-order valence-corrected chi connectivity index (χ4v) is 3.11. The van der Waals surface area contributed by atoms with Gasteiger partial charge in [-0.3, -0.25) is 0 Å². The SMILES string of the molecule is Cc1ccc([C@@H](N)c2cccs2)c2ccccc12.Cl. The molecule has 0 fully saturated rings. The van der Waals surface area contributed by atoms with Gasteiger partial charge in [-0.2, -0.15) is 0 Å². The van der Waals surface area contributed by atoms with Crippen LogP contribution in [0.15, 0.2) is 53.9 Å². The first kappa shape index (κ1) is 14.1. The van der Waals surface area contributed by atoms with Crippen molar-refractivity contribution in [1.82, 2.24) is 0 Å². The summed E-state index contributed by atoms with van der Waals surface area (Å²) in [6.07, 6.45) is 0. The standard InChI is InChI=1S/C16H15NS.ClH/c1-11-8-9-14(13-6-3-2-5-12(11)13)16(17)15-7-4-10-18-15;/h2-10,16H,17H2,1H3;1H/t16-;/m1./s1. The molecule has 0 spiro atoms. The minimum Gasteiger partial charge on any atom is -0.320 e. The Labute approximate surface area is 123 Å².